The van der Waals surface area contributed by atoms with Gasteiger partial charge in [-0.1, -0.05) is 23.2 Å². The van der Waals surface area contributed by atoms with E-state index < -0.39 is 6.04 Å². The van der Waals surface area contributed by atoms with Gasteiger partial charge in [0.05, 0.1) is 35.7 Å². The fraction of sp³-hybridized carbons (Fsp3) is 0.500. The summed E-state index contributed by atoms with van der Waals surface area (Å²) in [4.78, 5) is 40.5. The first-order valence-electron chi connectivity index (χ1n) is 8.65. The first-order chi connectivity index (χ1) is 12.4. The van der Waals surface area contributed by atoms with Gasteiger partial charge in [-0.25, -0.2) is 4.90 Å². The number of anilines is 1. The van der Waals surface area contributed by atoms with E-state index in [1.165, 1.54) is 6.07 Å². The summed E-state index contributed by atoms with van der Waals surface area (Å²) in [7, 11) is 0. The smallest absolute Gasteiger partial charge is 0.310 e. The Bertz CT molecular complexity index is 740. The molecule has 2 amide bonds. The summed E-state index contributed by atoms with van der Waals surface area (Å²) in [5.41, 5.74) is 0.301. The van der Waals surface area contributed by atoms with Gasteiger partial charge in [0.2, 0.25) is 5.91 Å². The number of benzene rings is 1. The average molecular weight is 399 g/mol. The monoisotopic (exact) mass is 398 g/mol. The van der Waals surface area contributed by atoms with Crippen LogP contribution in [0.4, 0.5) is 5.69 Å². The van der Waals surface area contributed by atoms with Gasteiger partial charge in [-0.05, 0) is 44.5 Å². The Kier molecular flexibility index (Phi) is 5.85. The van der Waals surface area contributed by atoms with Crippen LogP contribution in [0, 0.1) is 5.92 Å². The van der Waals surface area contributed by atoms with E-state index in [0.29, 0.717) is 35.4 Å². The Morgan fingerprint density at radius 3 is 2.81 bits per heavy atom. The second-order valence-electron chi connectivity index (χ2n) is 6.47. The molecule has 6 nitrogen and oxygen atoms in total. The van der Waals surface area contributed by atoms with Gasteiger partial charge in [0.15, 0.2) is 0 Å². The van der Waals surface area contributed by atoms with Gasteiger partial charge in [-0.2, -0.15) is 0 Å². The highest BCUT2D eigenvalue weighted by Crippen LogP contribution is 2.34. The zero-order chi connectivity index (χ0) is 18.8. The SMILES string of the molecule is CCOC(=O)[C@@H]1CCCN([C@H]2CC(=O)N(c3cc(Cl)ccc3Cl)C2=O)C1. The molecule has 0 spiro atoms. The van der Waals surface area contributed by atoms with Gasteiger partial charge in [-0.15, -0.1) is 0 Å². The maximum atomic E-state index is 12.9. The van der Waals surface area contributed by atoms with E-state index in [2.05, 4.69) is 0 Å². The molecule has 1 aromatic rings. The largest absolute Gasteiger partial charge is 0.466 e. The summed E-state index contributed by atoms with van der Waals surface area (Å²) in [6.07, 6.45) is 1.57. The van der Waals surface area contributed by atoms with Gasteiger partial charge in [-0.3, -0.25) is 19.3 Å². The molecule has 0 aliphatic carbocycles. The lowest BCUT2D eigenvalue weighted by molar-refractivity contribution is -0.150. The third-order valence-corrected chi connectivity index (χ3v) is 5.34. The number of ether oxygens (including phenoxy) is 1. The van der Waals surface area contributed by atoms with Crippen molar-refractivity contribution in [1.29, 1.82) is 0 Å². The number of likely N-dealkylation sites (tertiary alicyclic amines) is 1. The van der Waals surface area contributed by atoms with Crippen molar-refractivity contribution in [2.45, 2.75) is 32.2 Å². The molecule has 26 heavy (non-hydrogen) atoms. The third-order valence-electron chi connectivity index (χ3n) is 4.79. The van der Waals surface area contributed by atoms with E-state index in [9.17, 15) is 14.4 Å². The van der Waals surface area contributed by atoms with Crippen LogP contribution in [0.1, 0.15) is 26.2 Å². The molecule has 140 valence electrons. The highest BCUT2D eigenvalue weighted by atomic mass is 35.5. The van der Waals surface area contributed by atoms with E-state index in [1.807, 2.05) is 4.90 Å². The van der Waals surface area contributed by atoms with Crippen LogP contribution in [0.2, 0.25) is 10.0 Å². The molecule has 2 aliphatic heterocycles. The zero-order valence-corrected chi connectivity index (χ0v) is 15.9. The molecule has 2 aliphatic rings. The van der Waals surface area contributed by atoms with Crippen molar-refractivity contribution in [3.05, 3.63) is 28.2 Å². The van der Waals surface area contributed by atoms with Crippen LogP contribution in [0.3, 0.4) is 0 Å². The van der Waals surface area contributed by atoms with Gasteiger partial charge >= 0.3 is 5.97 Å². The number of rotatable bonds is 4. The van der Waals surface area contributed by atoms with Crippen molar-refractivity contribution in [2.75, 3.05) is 24.6 Å². The minimum atomic E-state index is -0.588. The Morgan fingerprint density at radius 1 is 1.31 bits per heavy atom. The third kappa shape index (κ3) is 3.72. The minimum Gasteiger partial charge on any atom is -0.466 e. The number of hydrogen-bond acceptors (Lipinski definition) is 5. The molecular weight excluding hydrogens is 379 g/mol. The van der Waals surface area contributed by atoms with Crippen molar-refractivity contribution in [3.63, 3.8) is 0 Å². The van der Waals surface area contributed by atoms with Crippen LogP contribution >= 0.6 is 23.2 Å². The topological polar surface area (TPSA) is 66.9 Å². The Labute approximate surface area is 162 Å². The van der Waals surface area contributed by atoms with Crippen LogP contribution < -0.4 is 4.90 Å². The number of esters is 1. The summed E-state index contributed by atoms with van der Waals surface area (Å²) in [5, 5.41) is 0.689. The highest BCUT2D eigenvalue weighted by Gasteiger charge is 2.45. The molecule has 0 aromatic heterocycles. The lowest BCUT2D eigenvalue weighted by Crippen LogP contribution is -2.48. The van der Waals surface area contributed by atoms with Crippen LogP contribution in [-0.4, -0.2) is 48.4 Å². The lowest BCUT2D eigenvalue weighted by Gasteiger charge is -2.34. The Morgan fingerprint density at radius 2 is 2.08 bits per heavy atom. The average Bonchev–Trinajstić information content (AvgIpc) is 2.92. The maximum absolute atomic E-state index is 12.9. The second kappa shape index (κ2) is 7.94. The van der Waals surface area contributed by atoms with Gasteiger partial charge in [0.1, 0.15) is 0 Å². The van der Waals surface area contributed by atoms with Crippen molar-refractivity contribution in [1.82, 2.24) is 4.90 Å². The van der Waals surface area contributed by atoms with Crippen molar-refractivity contribution in [2.24, 2.45) is 5.92 Å². The minimum absolute atomic E-state index is 0.0667. The van der Waals surface area contributed by atoms with E-state index in [0.717, 1.165) is 17.7 Å². The molecule has 2 saturated heterocycles. The van der Waals surface area contributed by atoms with E-state index >= 15 is 0 Å². The van der Waals surface area contributed by atoms with Crippen molar-refractivity contribution >= 4 is 46.7 Å². The van der Waals surface area contributed by atoms with Crippen LogP contribution in [0.5, 0.6) is 0 Å². The van der Waals surface area contributed by atoms with Crippen LogP contribution in [0.25, 0.3) is 0 Å². The zero-order valence-electron chi connectivity index (χ0n) is 14.4. The van der Waals surface area contributed by atoms with Crippen molar-refractivity contribution in [3.8, 4) is 0 Å². The Hall–Kier alpha value is -1.63. The van der Waals surface area contributed by atoms with E-state index in [4.69, 9.17) is 27.9 Å². The molecule has 0 unspecified atom stereocenters. The van der Waals surface area contributed by atoms with E-state index in [1.54, 1.807) is 19.1 Å². The van der Waals surface area contributed by atoms with Gasteiger partial charge in [0.25, 0.3) is 5.91 Å². The number of carbonyl (C=O) groups excluding carboxylic acids is 3. The summed E-state index contributed by atoms with van der Waals surface area (Å²) in [6.45, 7) is 3.18. The van der Waals surface area contributed by atoms with Gasteiger partial charge in [0, 0.05) is 11.6 Å². The normalized spacial score (nSPS) is 24.2. The summed E-state index contributed by atoms with van der Waals surface area (Å²) in [6, 6.07) is 4.09. The van der Waals surface area contributed by atoms with Gasteiger partial charge < -0.3 is 4.74 Å². The number of imide groups is 1. The second-order valence-corrected chi connectivity index (χ2v) is 7.31. The summed E-state index contributed by atoms with van der Waals surface area (Å²) >= 11 is 12.2. The Balaban J connectivity index is 1.78. The molecule has 0 N–H and O–H groups in total. The lowest BCUT2D eigenvalue weighted by atomic mass is 9.96. The van der Waals surface area contributed by atoms with Crippen molar-refractivity contribution < 1.29 is 19.1 Å². The number of hydrogen-bond donors (Lipinski definition) is 0. The standard InChI is InChI=1S/C18H20Cl2N2O4/c1-2-26-18(25)11-4-3-7-21(10-11)15-9-16(23)22(17(15)24)14-8-12(19)5-6-13(14)20/h5-6,8,11,15H,2-4,7,9-10H2,1H3/t11-,15+/m1/s1. The number of amides is 2. The number of nitrogens with zero attached hydrogens (tertiary/aromatic N) is 2. The predicted octanol–water partition coefficient (Wildman–Crippen LogP) is 2.90. The molecule has 8 heteroatoms. The first kappa shape index (κ1) is 19.1. The molecular formula is C18H20Cl2N2O4. The molecule has 0 saturated carbocycles. The maximum Gasteiger partial charge on any atom is 0.310 e. The number of halogens is 2. The highest BCUT2D eigenvalue weighted by molar-refractivity contribution is 6.37. The summed E-state index contributed by atoms with van der Waals surface area (Å²) < 4.78 is 5.10. The summed E-state index contributed by atoms with van der Waals surface area (Å²) in [5.74, 6) is -1.16. The van der Waals surface area contributed by atoms with E-state index in [-0.39, 0.29) is 30.1 Å². The first-order valence-corrected chi connectivity index (χ1v) is 9.40. The molecule has 0 bridgehead atoms. The van der Waals surface area contributed by atoms with Crippen LogP contribution in [0.15, 0.2) is 18.2 Å². The molecule has 2 heterocycles. The molecule has 3 rings (SSSR count). The fourth-order valence-electron chi connectivity index (χ4n) is 3.55. The molecule has 2 atom stereocenters. The molecule has 1 aromatic carbocycles. The molecule has 2 fully saturated rings. The molecule has 0 radical (unpaired) electrons. The number of piperidine rings is 1. The quantitative estimate of drug-likeness (QED) is 0.576. The number of carbonyl (C=O) groups is 3. The van der Waals surface area contributed by atoms with Crippen LogP contribution in [-0.2, 0) is 19.1 Å². The predicted molar refractivity (Wildman–Crippen MR) is 98.3 cm³/mol. The fourth-order valence-corrected chi connectivity index (χ4v) is 3.92.